The van der Waals surface area contributed by atoms with Crippen LogP contribution in [0.25, 0.3) is 0 Å². The van der Waals surface area contributed by atoms with Gasteiger partial charge in [-0.25, -0.2) is 0 Å². The summed E-state index contributed by atoms with van der Waals surface area (Å²) >= 11 is 0. The third-order valence-corrected chi connectivity index (χ3v) is 1.43. The molecule has 0 aliphatic carbocycles. The molecule has 1 aliphatic heterocycles. The molecule has 0 unspecified atom stereocenters. The van der Waals surface area contributed by atoms with Crippen molar-refractivity contribution in [2.24, 2.45) is 0 Å². The molecule has 3 heteroatoms. The maximum absolute atomic E-state index is 2.16. The molecule has 0 bridgehead atoms. The summed E-state index contributed by atoms with van der Waals surface area (Å²) in [5.41, 5.74) is 0. The molecule has 0 saturated carbocycles. The molecule has 0 amide bonds. The van der Waals surface area contributed by atoms with Crippen LogP contribution in [-0.4, -0.2) is 23.5 Å². The highest BCUT2D eigenvalue weighted by molar-refractivity contribution is 8.93. The molecule has 64 valence electrons. The number of hydrogen-bond acceptors (Lipinski definition) is 2. The van der Waals surface area contributed by atoms with Gasteiger partial charge in [-0.3, -0.25) is 0 Å². The van der Waals surface area contributed by atoms with Gasteiger partial charge in [0.2, 0.25) is 0 Å². The SMILES string of the molecule is Br.CCC=CN1C=CN(C)C1. The summed E-state index contributed by atoms with van der Waals surface area (Å²) in [6.07, 6.45) is 9.52. The van der Waals surface area contributed by atoms with E-state index < -0.39 is 0 Å². The second-order valence-corrected chi connectivity index (χ2v) is 2.50. The van der Waals surface area contributed by atoms with Gasteiger partial charge in [0.05, 0.1) is 6.67 Å². The first-order valence-corrected chi connectivity index (χ1v) is 3.64. The van der Waals surface area contributed by atoms with Crippen LogP contribution in [0, 0.1) is 0 Å². The first-order chi connectivity index (χ1) is 4.83. The number of rotatable bonds is 2. The maximum atomic E-state index is 2.16. The molecule has 1 heterocycles. The van der Waals surface area contributed by atoms with Crippen molar-refractivity contribution in [2.75, 3.05) is 13.7 Å². The fraction of sp³-hybridized carbons (Fsp3) is 0.500. The third kappa shape index (κ3) is 3.46. The van der Waals surface area contributed by atoms with Gasteiger partial charge in [-0.2, -0.15) is 0 Å². The van der Waals surface area contributed by atoms with E-state index in [1.807, 2.05) is 0 Å². The molecule has 0 spiro atoms. The summed E-state index contributed by atoms with van der Waals surface area (Å²) in [7, 11) is 2.07. The van der Waals surface area contributed by atoms with Crippen LogP contribution < -0.4 is 0 Å². The van der Waals surface area contributed by atoms with Gasteiger partial charge in [-0.15, -0.1) is 17.0 Å². The van der Waals surface area contributed by atoms with Crippen molar-refractivity contribution >= 4 is 17.0 Å². The van der Waals surface area contributed by atoms with Crippen molar-refractivity contribution in [3.63, 3.8) is 0 Å². The molecule has 0 atom stereocenters. The lowest BCUT2D eigenvalue weighted by molar-refractivity contribution is 0.363. The lowest BCUT2D eigenvalue weighted by Gasteiger charge is -2.12. The minimum absolute atomic E-state index is 0. The fourth-order valence-corrected chi connectivity index (χ4v) is 0.889. The van der Waals surface area contributed by atoms with Crippen molar-refractivity contribution in [1.82, 2.24) is 9.80 Å². The van der Waals surface area contributed by atoms with Crippen LogP contribution in [0.1, 0.15) is 13.3 Å². The molecule has 0 aromatic carbocycles. The summed E-state index contributed by atoms with van der Waals surface area (Å²) < 4.78 is 0. The molecule has 1 aliphatic rings. The van der Waals surface area contributed by atoms with Gasteiger partial charge in [0.1, 0.15) is 0 Å². The molecule has 0 N–H and O–H groups in total. The average Bonchev–Trinajstić information content (AvgIpc) is 2.31. The topological polar surface area (TPSA) is 6.48 Å². The van der Waals surface area contributed by atoms with Crippen molar-refractivity contribution in [2.45, 2.75) is 13.3 Å². The molecule has 0 aromatic rings. The smallest absolute Gasteiger partial charge is 0.0932 e. The standard InChI is InChI=1S/C8H14N2.BrH/c1-3-4-5-10-7-6-9(2)8-10;/h4-7H,3,8H2,1-2H3;1H. The second kappa shape index (κ2) is 5.24. The van der Waals surface area contributed by atoms with Gasteiger partial charge < -0.3 is 9.80 Å². The summed E-state index contributed by atoms with van der Waals surface area (Å²) in [5.74, 6) is 0. The lowest BCUT2D eigenvalue weighted by Crippen LogP contribution is -2.17. The predicted octanol–water partition coefficient (Wildman–Crippen LogP) is 2.16. The highest BCUT2D eigenvalue weighted by Crippen LogP contribution is 2.03. The van der Waals surface area contributed by atoms with E-state index >= 15 is 0 Å². The van der Waals surface area contributed by atoms with Gasteiger partial charge in [0, 0.05) is 25.6 Å². The van der Waals surface area contributed by atoms with Gasteiger partial charge in [-0.1, -0.05) is 13.0 Å². The molecule has 0 fully saturated rings. The van der Waals surface area contributed by atoms with Crippen LogP contribution in [0.15, 0.2) is 24.7 Å². The van der Waals surface area contributed by atoms with Gasteiger partial charge >= 0.3 is 0 Å². The largest absolute Gasteiger partial charge is 0.361 e. The number of hydrogen-bond donors (Lipinski definition) is 0. The monoisotopic (exact) mass is 218 g/mol. The third-order valence-electron chi connectivity index (χ3n) is 1.43. The van der Waals surface area contributed by atoms with Crippen molar-refractivity contribution in [3.05, 3.63) is 24.7 Å². The molecule has 1 rings (SSSR count). The normalized spacial score (nSPS) is 16.2. The van der Waals surface area contributed by atoms with Crippen LogP contribution in [0.2, 0.25) is 0 Å². The van der Waals surface area contributed by atoms with E-state index in [0.29, 0.717) is 0 Å². The van der Waals surface area contributed by atoms with E-state index in [4.69, 9.17) is 0 Å². The Morgan fingerprint density at radius 1 is 1.45 bits per heavy atom. The zero-order valence-corrected chi connectivity index (χ0v) is 8.74. The molecule has 0 aromatic heterocycles. The molecule has 11 heavy (non-hydrogen) atoms. The fourth-order valence-electron chi connectivity index (χ4n) is 0.889. The van der Waals surface area contributed by atoms with E-state index in [1.165, 1.54) is 0 Å². The number of halogens is 1. The highest BCUT2D eigenvalue weighted by atomic mass is 79.9. The van der Waals surface area contributed by atoms with E-state index in [-0.39, 0.29) is 17.0 Å². The molecular formula is C8H15BrN2. The van der Waals surface area contributed by atoms with Crippen LogP contribution in [0.5, 0.6) is 0 Å². The van der Waals surface area contributed by atoms with E-state index in [2.05, 4.69) is 48.4 Å². The summed E-state index contributed by atoms with van der Waals surface area (Å²) in [6, 6.07) is 0. The van der Waals surface area contributed by atoms with Crippen LogP contribution >= 0.6 is 17.0 Å². The molecule has 0 saturated heterocycles. The van der Waals surface area contributed by atoms with Crippen LogP contribution in [-0.2, 0) is 0 Å². The molecular weight excluding hydrogens is 204 g/mol. The van der Waals surface area contributed by atoms with Crippen LogP contribution in [0.4, 0.5) is 0 Å². The minimum Gasteiger partial charge on any atom is -0.361 e. The van der Waals surface area contributed by atoms with Crippen molar-refractivity contribution in [3.8, 4) is 0 Å². The zero-order valence-electron chi connectivity index (χ0n) is 7.03. The Balaban J connectivity index is 0.000001000. The Kier molecular flexibility index (Phi) is 5.03. The van der Waals surface area contributed by atoms with Crippen LogP contribution in [0.3, 0.4) is 0 Å². The maximum Gasteiger partial charge on any atom is 0.0932 e. The Bertz CT molecular complexity index is 154. The van der Waals surface area contributed by atoms with Gasteiger partial charge in [0.25, 0.3) is 0 Å². The quantitative estimate of drug-likeness (QED) is 0.702. The van der Waals surface area contributed by atoms with Crippen molar-refractivity contribution < 1.29 is 0 Å². The summed E-state index contributed by atoms with van der Waals surface area (Å²) in [5, 5.41) is 0. The Morgan fingerprint density at radius 2 is 2.18 bits per heavy atom. The van der Waals surface area contributed by atoms with Gasteiger partial charge in [0.15, 0.2) is 0 Å². The minimum atomic E-state index is 0. The molecule has 2 nitrogen and oxygen atoms in total. The number of nitrogens with zero attached hydrogens (tertiary/aromatic N) is 2. The zero-order chi connectivity index (χ0) is 7.40. The molecule has 0 radical (unpaired) electrons. The highest BCUT2D eigenvalue weighted by Gasteiger charge is 2.02. The van der Waals surface area contributed by atoms with E-state index in [0.717, 1.165) is 13.1 Å². The number of allylic oxidation sites excluding steroid dienone is 1. The first kappa shape index (κ1) is 10.6. The second-order valence-electron chi connectivity index (χ2n) is 2.50. The Morgan fingerprint density at radius 3 is 2.64 bits per heavy atom. The average molecular weight is 219 g/mol. The van der Waals surface area contributed by atoms with Crippen molar-refractivity contribution in [1.29, 1.82) is 0 Å². The van der Waals surface area contributed by atoms with E-state index in [9.17, 15) is 0 Å². The predicted molar refractivity (Wildman–Crippen MR) is 53.4 cm³/mol. The van der Waals surface area contributed by atoms with E-state index in [1.54, 1.807) is 0 Å². The van der Waals surface area contributed by atoms with Gasteiger partial charge in [-0.05, 0) is 6.42 Å². The Labute approximate surface area is 78.9 Å². The summed E-state index contributed by atoms with van der Waals surface area (Å²) in [6.45, 7) is 3.12. The first-order valence-electron chi connectivity index (χ1n) is 3.64. The summed E-state index contributed by atoms with van der Waals surface area (Å²) in [4.78, 5) is 4.30. The lowest BCUT2D eigenvalue weighted by atomic mass is 10.5. The Hall–Kier alpha value is -0.440.